The first-order valence-electron chi connectivity index (χ1n) is 8.32. The summed E-state index contributed by atoms with van der Waals surface area (Å²) in [6, 6.07) is 4.92. The van der Waals surface area contributed by atoms with Gasteiger partial charge in [0.05, 0.1) is 26.6 Å². The number of amides is 1. The molecule has 0 saturated heterocycles. The van der Waals surface area contributed by atoms with Crippen LogP contribution >= 0.6 is 23.2 Å². The van der Waals surface area contributed by atoms with E-state index in [4.69, 9.17) is 27.9 Å². The zero-order valence-electron chi connectivity index (χ0n) is 15.3. The topological polar surface area (TPSA) is 102 Å². The van der Waals surface area contributed by atoms with E-state index in [0.717, 1.165) is 6.07 Å². The number of nitro benzene ring substituents is 1. The van der Waals surface area contributed by atoms with Crippen molar-refractivity contribution in [1.29, 1.82) is 0 Å². The molecule has 1 amide bonds. The Morgan fingerprint density at radius 3 is 2.37 bits per heavy atom. The van der Waals surface area contributed by atoms with E-state index in [-0.39, 0.29) is 34.5 Å². The minimum Gasteiger partial charge on any atom is -0.486 e. The molecular formula is C18H15Cl2F3N2O5. The number of aliphatic hydroxyl groups excluding tert-OH is 1. The summed E-state index contributed by atoms with van der Waals surface area (Å²) < 4.78 is 43.8. The van der Waals surface area contributed by atoms with Gasteiger partial charge in [-0.3, -0.25) is 14.9 Å². The van der Waals surface area contributed by atoms with Gasteiger partial charge in [-0.15, -0.1) is 0 Å². The number of alkyl halides is 3. The number of nitrogens with one attached hydrogen (secondary N) is 1. The molecule has 0 bridgehead atoms. The average Bonchev–Trinajstić information content (AvgIpc) is 2.64. The molecule has 0 aliphatic carbocycles. The number of aliphatic hydroxyl groups is 1. The van der Waals surface area contributed by atoms with Gasteiger partial charge in [-0.2, -0.15) is 13.2 Å². The van der Waals surface area contributed by atoms with Crippen molar-refractivity contribution in [3.8, 4) is 5.75 Å². The SMILES string of the molecule is CC(O)CNC(=O)c1cc(COc2c(Cl)cc(C(F)(F)F)cc2Cl)ccc1[N+](=O)[O-]. The minimum atomic E-state index is -4.64. The summed E-state index contributed by atoms with van der Waals surface area (Å²) >= 11 is 11.7. The lowest BCUT2D eigenvalue weighted by atomic mass is 10.1. The van der Waals surface area contributed by atoms with E-state index < -0.39 is 34.4 Å². The molecule has 1 unspecified atom stereocenters. The van der Waals surface area contributed by atoms with E-state index in [1.165, 1.54) is 19.1 Å². The second kappa shape index (κ2) is 9.50. The second-order valence-electron chi connectivity index (χ2n) is 6.22. The van der Waals surface area contributed by atoms with Crippen LogP contribution in [0.3, 0.4) is 0 Å². The zero-order valence-corrected chi connectivity index (χ0v) is 16.8. The highest BCUT2D eigenvalue weighted by molar-refractivity contribution is 6.37. The van der Waals surface area contributed by atoms with E-state index in [1.807, 2.05) is 0 Å². The van der Waals surface area contributed by atoms with Crippen molar-refractivity contribution in [2.75, 3.05) is 6.54 Å². The van der Waals surface area contributed by atoms with Crippen LogP contribution in [0.25, 0.3) is 0 Å². The third kappa shape index (κ3) is 5.97. The predicted octanol–water partition coefficient (Wildman–Crippen LogP) is 4.61. The Labute approximate surface area is 178 Å². The van der Waals surface area contributed by atoms with Crippen molar-refractivity contribution in [2.24, 2.45) is 0 Å². The van der Waals surface area contributed by atoms with E-state index in [1.54, 1.807) is 0 Å². The van der Waals surface area contributed by atoms with E-state index >= 15 is 0 Å². The van der Waals surface area contributed by atoms with Crippen LogP contribution in [0.1, 0.15) is 28.4 Å². The molecule has 2 N–H and O–H groups in total. The van der Waals surface area contributed by atoms with Crippen molar-refractivity contribution in [3.63, 3.8) is 0 Å². The van der Waals surface area contributed by atoms with Gasteiger partial charge < -0.3 is 15.2 Å². The molecule has 30 heavy (non-hydrogen) atoms. The van der Waals surface area contributed by atoms with Gasteiger partial charge in [-0.25, -0.2) is 0 Å². The molecule has 2 aromatic carbocycles. The van der Waals surface area contributed by atoms with Crippen molar-refractivity contribution in [2.45, 2.75) is 25.8 Å². The van der Waals surface area contributed by atoms with Gasteiger partial charge in [0.25, 0.3) is 11.6 Å². The van der Waals surface area contributed by atoms with Crippen LogP contribution in [0.4, 0.5) is 18.9 Å². The largest absolute Gasteiger partial charge is 0.486 e. The highest BCUT2D eigenvalue weighted by Gasteiger charge is 2.32. The maximum atomic E-state index is 12.8. The standard InChI is InChI=1S/C18H15Cl2F3N2O5/c1-9(26)7-24-17(27)12-4-10(2-3-15(12)25(28)29)8-30-16-13(19)5-11(6-14(16)20)18(21,22)23/h2-6,9,26H,7-8H2,1H3,(H,24,27). The smallest absolute Gasteiger partial charge is 0.416 e. The summed E-state index contributed by atoms with van der Waals surface area (Å²) in [4.78, 5) is 22.7. The Kier molecular flexibility index (Phi) is 7.51. The fourth-order valence-corrected chi connectivity index (χ4v) is 2.96. The molecule has 0 aromatic heterocycles. The highest BCUT2D eigenvalue weighted by Crippen LogP contribution is 2.40. The summed E-state index contributed by atoms with van der Waals surface area (Å²) in [5.41, 5.74) is -1.48. The Bertz CT molecular complexity index is 944. The van der Waals surface area contributed by atoms with Crippen LogP contribution in [0, 0.1) is 10.1 Å². The molecule has 0 radical (unpaired) electrons. The summed E-state index contributed by atoms with van der Waals surface area (Å²) in [5.74, 6) is -0.986. The zero-order chi connectivity index (χ0) is 22.6. The highest BCUT2D eigenvalue weighted by atomic mass is 35.5. The Morgan fingerprint density at radius 1 is 1.27 bits per heavy atom. The fourth-order valence-electron chi connectivity index (χ4n) is 2.37. The van der Waals surface area contributed by atoms with Gasteiger partial charge in [0, 0.05) is 12.6 Å². The fraction of sp³-hybridized carbons (Fsp3) is 0.278. The number of ether oxygens (including phenoxy) is 1. The number of nitro groups is 1. The number of hydrogen-bond donors (Lipinski definition) is 2. The van der Waals surface area contributed by atoms with Gasteiger partial charge in [0.1, 0.15) is 12.2 Å². The number of carbonyl (C=O) groups is 1. The number of hydrogen-bond acceptors (Lipinski definition) is 5. The summed E-state index contributed by atoms with van der Waals surface area (Å²) in [7, 11) is 0. The van der Waals surface area contributed by atoms with Gasteiger partial charge >= 0.3 is 6.18 Å². The van der Waals surface area contributed by atoms with Crippen LogP contribution in [-0.2, 0) is 12.8 Å². The molecule has 2 rings (SSSR count). The minimum absolute atomic E-state index is 0.118. The third-order valence-corrected chi connectivity index (χ3v) is 4.33. The number of benzene rings is 2. The van der Waals surface area contributed by atoms with Crippen molar-refractivity contribution in [3.05, 3.63) is 67.2 Å². The van der Waals surface area contributed by atoms with Crippen molar-refractivity contribution in [1.82, 2.24) is 5.32 Å². The molecule has 7 nitrogen and oxygen atoms in total. The molecule has 0 spiro atoms. The Morgan fingerprint density at radius 2 is 1.87 bits per heavy atom. The van der Waals surface area contributed by atoms with Crippen molar-refractivity contribution >= 4 is 34.8 Å². The Hall–Kier alpha value is -2.56. The summed E-state index contributed by atoms with van der Waals surface area (Å²) in [5, 5.41) is 22.0. The van der Waals surface area contributed by atoms with Crippen LogP contribution in [0.15, 0.2) is 30.3 Å². The molecule has 162 valence electrons. The molecular weight excluding hydrogens is 452 g/mol. The number of halogens is 5. The van der Waals surface area contributed by atoms with Gasteiger partial charge in [-0.05, 0) is 36.8 Å². The molecule has 12 heteroatoms. The Balaban J connectivity index is 2.26. The quantitative estimate of drug-likeness (QED) is 0.458. The van der Waals surface area contributed by atoms with Gasteiger partial charge in [0.2, 0.25) is 0 Å². The molecule has 2 aromatic rings. The number of rotatable bonds is 7. The van der Waals surface area contributed by atoms with E-state index in [0.29, 0.717) is 17.7 Å². The third-order valence-electron chi connectivity index (χ3n) is 3.77. The van der Waals surface area contributed by atoms with Crippen molar-refractivity contribution < 1.29 is 32.7 Å². The first kappa shape index (κ1) is 23.7. The second-order valence-corrected chi connectivity index (χ2v) is 7.04. The normalized spacial score (nSPS) is 12.4. The maximum Gasteiger partial charge on any atom is 0.416 e. The monoisotopic (exact) mass is 466 g/mol. The molecule has 0 aliphatic rings. The van der Waals surface area contributed by atoms with E-state index in [2.05, 4.69) is 5.32 Å². The van der Waals surface area contributed by atoms with Crippen LogP contribution < -0.4 is 10.1 Å². The van der Waals surface area contributed by atoms with Crippen LogP contribution in [-0.4, -0.2) is 28.6 Å². The lowest BCUT2D eigenvalue weighted by molar-refractivity contribution is -0.385. The summed E-state index contributed by atoms with van der Waals surface area (Å²) in [6.45, 7) is 1.03. The lowest BCUT2D eigenvalue weighted by Gasteiger charge is -2.14. The first-order chi connectivity index (χ1) is 13.9. The number of nitrogens with zero attached hydrogens (tertiary/aromatic N) is 1. The maximum absolute atomic E-state index is 12.8. The van der Waals surface area contributed by atoms with Crippen LogP contribution in [0.2, 0.25) is 10.0 Å². The van der Waals surface area contributed by atoms with E-state index in [9.17, 15) is 33.2 Å². The van der Waals surface area contributed by atoms with Crippen LogP contribution in [0.5, 0.6) is 5.75 Å². The molecule has 0 heterocycles. The number of carbonyl (C=O) groups excluding carboxylic acids is 1. The molecule has 0 aliphatic heterocycles. The molecule has 0 saturated carbocycles. The average molecular weight is 467 g/mol. The molecule has 0 fully saturated rings. The first-order valence-corrected chi connectivity index (χ1v) is 9.08. The van der Waals surface area contributed by atoms with Gasteiger partial charge in [-0.1, -0.05) is 23.2 Å². The lowest BCUT2D eigenvalue weighted by Crippen LogP contribution is -2.31. The predicted molar refractivity (Wildman–Crippen MR) is 103 cm³/mol. The van der Waals surface area contributed by atoms with Gasteiger partial charge in [0.15, 0.2) is 5.75 Å². The summed E-state index contributed by atoms with van der Waals surface area (Å²) in [6.07, 6.45) is -5.50. The molecule has 1 atom stereocenters.